The molecule has 0 unspecified atom stereocenters. The average molecular weight is 435 g/mol. The van der Waals surface area contributed by atoms with E-state index < -0.39 is 10.0 Å². The maximum absolute atomic E-state index is 12.6. The second-order valence-electron chi connectivity index (χ2n) is 6.85. The molecule has 1 heterocycles. The van der Waals surface area contributed by atoms with E-state index >= 15 is 0 Å². The van der Waals surface area contributed by atoms with Crippen molar-refractivity contribution in [3.8, 4) is 17.2 Å². The predicted molar refractivity (Wildman–Crippen MR) is 112 cm³/mol. The lowest BCUT2D eigenvalue weighted by atomic mass is 10.0. The van der Waals surface area contributed by atoms with E-state index in [-0.39, 0.29) is 24.8 Å². The molecule has 8 nitrogen and oxygen atoms in total. The van der Waals surface area contributed by atoms with E-state index in [0.717, 1.165) is 16.9 Å². The van der Waals surface area contributed by atoms with Gasteiger partial charge in [-0.15, -0.1) is 0 Å². The number of carbonyl (C=O) groups is 1. The third-order valence-electron chi connectivity index (χ3n) is 4.90. The number of sulfonamides is 1. The summed E-state index contributed by atoms with van der Waals surface area (Å²) < 4.78 is 42.4. The maximum Gasteiger partial charge on any atom is 0.257 e. The van der Waals surface area contributed by atoms with Crippen LogP contribution < -0.4 is 19.5 Å². The molecule has 2 aromatic carbocycles. The Balaban J connectivity index is 1.44. The van der Waals surface area contributed by atoms with Crippen LogP contribution in [0.1, 0.15) is 11.1 Å². The number of ether oxygens (including phenoxy) is 3. The number of benzene rings is 2. The smallest absolute Gasteiger partial charge is 0.257 e. The van der Waals surface area contributed by atoms with Gasteiger partial charge in [0, 0.05) is 19.6 Å². The van der Waals surface area contributed by atoms with E-state index in [1.54, 1.807) is 38.5 Å². The maximum atomic E-state index is 12.6. The minimum Gasteiger partial charge on any atom is -0.497 e. The topological polar surface area (TPSA) is 94.2 Å². The molecule has 0 aromatic heterocycles. The van der Waals surface area contributed by atoms with Gasteiger partial charge in [0.2, 0.25) is 10.0 Å². The molecule has 30 heavy (non-hydrogen) atoms. The molecular formula is C21H26N2O6S. The number of methoxy groups -OCH3 is 2. The monoisotopic (exact) mass is 434 g/mol. The van der Waals surface area contributed by atoms with Crippen molar-refractivity contribution >= 4 is 15.9 Å². The summed E-state index contributed by atoms with van der Waals surface area (Å²) in [6.45, 7) is 0.581. The lowest BCUT2D eigenvalue weighted by molar-refractivity contribution is -0.122. The predicted octanol–water partition coefficient (Wildman–Crippen LogP) is 1.59. The third kappa shape index (κ3) is 5.64. The summed E-state index contributed by atoms with van der Waals surface area (Å²) in [5.74, 6) is 1.45. The zero-order valence-corrected chi connectivity index (χ0v) is 17.9. The lowest BCUT2D eigenvalue weighted by Crippen LogP contribution is -2.41. The number of hydrogen-bond acceptors (Lipinski definition) is 6. The van der Waals surface area contributed by atoms with Crippen molar-refractivity contribution in [2.75, 3.05) is 39.7 Å². The van der Waals surface area contributed by atoms with Crippen molar-refractivity contribution in [3.63, 3.8) is 0 Å². The minimum absolute atomic E-state index is 0.0269. The summed E-state index contributed by atoms with van der Waals surface area (Å²) in [4.78, 5) is 11.9. The standard InChI is InChI=1S/C21H26N2O6S/c1-27-18-5-7-19(8-6-18)29-15-21(24)22-10-12-30(25,26)23-11-9-16-13-20(28-2)4-3-17(16)14-23/h3-8,13H,9-12,14-15H2,1-2H3,(H,22,24). The van der Waals surface area contributed by atoms with E-state index in [4.69, 9.17) is 14.2 Å². The number of rotatable bonds is 9. The zero-order chi connectivity index (χ0) is 21.6. The number of nitrogens with one attached hydrogen (secondary N) is 1. The highest BCUT2D eigenvalue weighted by molar-refractivity contribution is 7.89. The molecule has 1 N–H and O–H groups in total. The Kier molecular flexibility index (Phi) is 7.17. The Morgan fingerprint density at radius 2 is 1.67 bits per heavy atom. The van der Waals surface area contributed by atoms with Gasteiger partial charge in [-0.3, -0.25) is 4.79 Å². The van der Waals surface area contributed by atoms with Crippen LogP contribution in [0.4, 0.5) is 0 Å². The molecule has 0 spiro atoms. The van der Waals surface area contributed by atoms with Gasteiger partial charge >= 0.3 is 0 Å². The molecule has 162 valence electrons. The van der Waals surface area contributed by atoms with Crippen molar-refractivity contribution in [2.45, 2.75) is 13.0 Å². The van der Waals surface area contributed by atoms with Crippen LogP contribution in [0.2, 0.25) is 0 Å². The molecule has 1 amide bonds. The summed E-state index contributed by atoms with van der Waals surface area (Å²) in [5, 5.41) is 2.59. The molecule has 0 fully saturated rings. The molecule has 0 saturated carbocycles. The molecule has 0 aliphatic carbocycles. The number of amides is 1. The Hall–Kier alpha value is -2.78. The van der Waals surface area contributed by atoms with E-state index in [9.17, 15) is 13.2 Å². The van der Waals surface area contributed by atoms with Gasteiger partial charge in [-0.2, -0.15) is 4.31 Å². The summed E-state index contributed by atoms with van der Waals surface area (Å²) in [6, 6.07) is 12.5. The fourth-order valence-corrected chi connectivity index (χ4v) is 4.51. The van der Waals surface area contributed by atoms with Gasteiger partial charge in [0.1, 0.15) is 17.2 Å². The molecule has 3 rings (SSSR count). The highest BCUT2D eigenvalue weighted by Crippen LogP contribution is 2.25. The summed E-state index contributed by atoms with van der Waals surface area (Å²) in [5.41, 5.74) is 2.08. The van der Waals surface area contributed by atoms with Crippen LogP contribution in [0.3, 0.4) is 0 Å². The number of fused-ring (bicyclic) bond motifs is 1. The highest BCUT2D eigenvalue weighted by atomic mass is 32.2. The summed E-state index contributed by atoms with van der Waals surface area (Å²) in [6.07, 6.45) is 0.633. The van der Waals surface area contributed by atoms with Crippen molar-refractivity contribution in [1.29, 1.82) is 0 Å². The Morgan fingerprint density at radius 3 is 2.37 bits per heavy atom. The molecule has 1 aliphatic rings. The van der Waals surface area contributed by atoms with E-state index in [0.29, 0.717) is 31.0 Å². The van der Waals surface area contributed by atoms with Gasteiger partial charge in [-0.1, -0.05) is 6.07 Å². The Bertz CT molecular complexity index is 975. The van der Waals surface area contributed by atoms with Crippen LogP contribution in [0.15, 0.2) is 42.5 Å². The highest BCUT2D eigenvalue weighted by Gasteiger charge is 2.26. The SMILES string of the molecule is COc1ccc(OCC(=O)NCCS(=O)(=O)N2CCc3cc(OC)ccc3C2)cc1. The van der Waals surface area contributed by atoms with Gasteiger partial charge < -0.3 is 19.5 Å². The number of carbonyl (C=O) groups excluding carboxylic acids is 1. The largest absolute Gasteiger partial charge is 0.497 e. The number of hydrogen-bond donors (Lipinski definition) is 1. The number of nitrogens with zero attached hydrogens (tertiary/aromatic N) is 1. The molecule has 2 aromatic rings. The summed E-state index contributed by atoms with van der Waals surface area (Å²) in [7, 11) is -0.304. The Labute approximate surface area is 176 Å². The van der Waals surface area contributed by atoms with E-state index in [2.05, 4.69) is 5.32 Å². The van der Waals surface area contributed by atoms with Crippen LogP contribution in [-0.2, 0) is 27.8 Å². The first kappa shape index (κ1) is 21.9. The first-order valence-electron chi connectivity index (χ1n) is 9.58. The van der Waals surface area contributed by atoms with Crippen LogP contribution in [0.5, 0.6) is 17.2 Å². The van der Waals surface area contributed by atoms with Crippen LogP contribution in [0, 0.1) is 0 Å². The molecule has 1 aliphatic heterocycles. The second-order valence-corrected chi connectivity index (χ2v) is 8.94. The van der Waals surface area contributed by atoms with Gasteiger partial charge in [-0.05, 0) is 53.9 Å². The molecule has 0 bridgehead atoms. The lowest BCUT2D eigenvalue weighted by Gasteiger charge is -2.28. The van der Waals surface area contributed by atoms with Crippen LogP contribution in [0.25, 0.3) is 0 Å². The van der Waals surface area contributed by atoms with Crippen molar-refractivity contribution in [2.24, 2.45) is 0 Å². The van der Waals surface area contributed by atoms with E-state index in [1.807, 2.05) is 18.2 Å². The van der Waals surface area contributed by atoms with Gasteiger partial charge in [-0.25, -0.2) is 8.42 Å². The van der Waals surface area contributed by atoms with Crippen LogP contribution in [-0.4, -0.2) is 58.3 Å². The van der Waals surface area contributed by atoms with Gasteiger partial charge in [0.05, 0.1) is 20.0 Å². The zero-order valence-electron chi connectivity index (χ0n) is 17.1. The van der Waals surface area contributed by atoms with Crippen LogP contribution >= 0.6 is 0 Å². The van der Waals surface area contributed by atoms with Crippen molar-refractivity contribution in [3.05, 3.63) is 53.6 Å². The minimum atomic E-state index is -3.48. The van der Waals surface area contributed by atoms with Gasteiger partial charge in [0.15, 0.2) is 6.61 Å². The average Bonchev–Trinajstić information content (AvgIpc) is 2.77. The fraction of sp³-hybridized carbons (Fsp3) is 0.381. The Morgan fingerprint density at radius 1 is 1.00 bits per heavy atom. The fourth-order valence-electron chi connectivity index (χ4n) is 3.19. The van der Waals surface area contributed by atoms with Crippen molar-refractivity contribution < 1.29 is 27.4 Å². The second kappa shape index (κ2) is 9.82. The van der Waals surface area contributed by atoms with Gasteiger partial charge in [0.25, 0.3) is 5.91 Å². The first-order chi connectivity index (χ1) is 14.4. The third-order valence-corrected chi connectivity index (χ3v) is 6.71. The molecule has 9 heteroatoms. The molecule has 0 atom stereocenters. The normalized spacial score (nSPS) is 13.9. The molecule has 0 saturated heterocycles. The first-order valence-corrected chi connectivity index (χ1v) is 11.2. The summed E-state index contributed by atoms with van der Waals surface area (Å²) >= 11 is 0. The van der Waals surface area contributed by atoms with Crippen molar-refractivity contribution in [1.82, 2.24) is 9.62 Å². The quantitative estimate of drug-likeness (QED) is 0.644. The molecule has 0 radical (unpaired) electrons. The molecular weight excluding hydrogens is 408 g/mol. The van der Waals surface area contributed by atoms with E-state index in [1.165, 1.54) is 4.31 Å².